The summed E-state index contributed by atoms with van der Waals surface area (Å²) in [6.45, 7) is 0. The summed E-state index contributed by atoms with van der Waals surface area (Å²) in [6, 6.07) is 13.9. The highest BCUT2D eigenvalue weighted by molar-refractivity contribution is 7.13. The Hall–Kier alpha value is -2.40. The summed E-state index contributed by atoms with van der Waals surface area (Å²) in [6.07, 6.45) is 3.59. The number of aromatic nitrogens is 2. The number of anilines is 1. The van der Waals surface area contributed by atoms with Crippen LogP contribution in [0.1, 0.15) is 5.56 Å². The van der Waals surface area contributed by atoms with Crippen LogP contribution in [0.4, 0.5) is 5.95 Å². The van der Waals surface area contributed by atoms with E-state index in [1.165, 1.54) is 0 Å². The molecular weight excluding hydrogens is 256 g/mol. The Morgan fingerprint density at radius 3 is 2.74 bits per heavy atom. The number of hydrogen-bond donors (Lipinski definition) is 1. The standard InChI is InChI=1S/C14H12N4S/c15-14-17-12(13-7-4-8-19-13)10-18(14)16-9-11-5-2-1-3-6-11/h1-10H,(H2,15,17). The molecule has 2 aromatic heterocycles. The van der Waals surface area contributed by atoms with Gasteiger partial charge in [0.15, 0.2) is 0 Å². The lowest BCUT2D eigenvalue weighted by Crippen LogP contribution is -1.96. The Bertz CT molecular complexity index is 684. The van der Waals surface area contributed by atoms with Crippen LogP contribution in [0.25, 0.3) is 10.6 Å². The molecule has 0 atom stereocenters. The van der Waals surface area contributed by atoms with Crippen molar-refractivity contribution in [3.05, 3.63) is 59.6 Å². The van der Waals surface area contributed by atoms with Gasteiger partial charge in [0.05, 0.1) is 17.3 Å². The summed E-state index contributed by atoms with van der Waals surface area (Å²) in [5.41, 5.74) is 7.72. The van der Waals surface area contributed by atoms with Crippen molar-refractivity contribution in [2.75, 3.05) is 5.73 Å². The fraction of sp³-hybridized carbons (Fsp3) is 0. The molecule has 0 saturated heterocycles. The smallest absolute Gasteiger partial charge is 0.221 e. The van der Waals surface area contributed by atoms with Gasteiger partial charge in [0.2, 0.25) is 5.95 Å². The van der Waals surface area contributed by atoms with Crippen molar-refractivity contribution < 1.29 is 0 Å². The molecule has 0 aliphatic rings. The van der Waals surface area contributed by atoms with E-state index in [2.05, 4.69) is 10.1 Å². The third kappa shape index (κ3) is 2.56. The molecule has 0 saturated carbocycles. The van der Waals surface area contributed by atoms with Crippen molar-refractivity contribution in [3.8, 4) is 10.6 Å². The van der Waals surface area contributed by atoms with E-state index in [4.69, 9.17) is 5.73 Å². The van der Waals surface area contributed by atoms with Gasteiger partial charge in [-0.3, -0.25) is 0 Å². The summed E-state index contributed by atoms with van der Waals surface area (Å²) in [7, 11) is 0. The van der Waals surface area contributed by atoms with Crippen LogP contribution >= 0.6 is 11.3 Å². The van der Waals surface area contributed by atoms with Gasteiger partial charge in [0.25, 0.3) is 0 Å². The molecule has 0 radical (unpaired) electrons. The first-order chi connectivity index (χ1) is 9.33. The minimum absolute atomic E-state index is 0.385. The number of hydrogen-bond acceptors (Lipinski definition) is 4. The Labute approximate surface area is 114 Å². The van der Waals surface area contributed by atoms with Gasteiger partial charge in [-0.2, -0.15) is 5.10 Å². The third-order valence-electron chi connectivity index (χ3n) is 2.62. The zero-order valence-electron chi connectivity index (χ0n) is 10.1. The first-order valence-corrected chi connectivity index (χ1v) is 6.69. The predicted molar refractivity (Wildman–Crippen MR) is 79.4 cm³/mol. The van der Waals surface area contributed by atoms with Crippen LogP contribution in [-0.2, 0) is 0 Å². The van der Waals surface area contributed by atoms with E-state index in [1.54, 1.807) is 22.2 Å². The van der Waals surface area contributed by atoms with E-state index in [0.29, 0.717) is 5.95 Å². The van der Waals surface area contributed by atoms with E-state index >= 15 is 0 Å². The van der Waals surface area contributed by atoms with E-state index < -0.39 is 0 Å². The number of imidazole rings is 1. The number of nitrogens with zero attached hydrogens (tertiary/aromatic N) is 3. The van der Waals surface area contributed by atoms with Crippen LogP contribution in [0.3, 0.4) is 0 Å². The van der Waals surface area contributed by atoms with E-state index in [1.807, 2.05) is 54.0 Å². The first-order valence-electron chi connectivity index (χ1n) is 5.81. The monoisotopic (exact) mass is 268 g/mol. The molecule has 0 bridgehead atoms. The van der Waals surface area contributed by atoms with Crippen molar-refractivity contribution in [2.24, 2.45) is 5.10 Å². The second kappa shape index (κ2) is 5.07. The molecule has 19 heavy (non-hydrogen) atoms. The molecule has 3 aromatic rings. The second-order valence-electron chi connectivity index (χ2n) is 3.96. The molecule has 4 nitrogen and oxygen atoms in total. The van der Waals surface area contributed by atoms with Gasteiger partial charge in [0, 0.05) is 0 Å². The van der Waals surface area contributed by atoms with Crippen molar-refractivity contribution in [3.63, 3.8) is 0 Å². The Kier molecular flexibility index (Phi) is 3.12. The van der Waals surface area contributed by atoms with Crippen LogP contribution in [0.2, 0.25) is 0 Å². The molecule has 0 spiro atoms. The molecular formula is C14H12N4S. The Morgan fingerprint density at radius 2 is 2.00 bits per heavy atom. The van der Waals surface area contributed by atoms with Crippen LogP contribution in [0, 0.1) is 0 Å². The highest BCUT2D eigenvalue weighted by atomic mass is 32.1. The van der Waals surface area contributed by atoms with Gasteiger partial charge in [-0.1, -0.05) is 36.4 Å². The third-order valence-corrected chi connectivity index (χ3v) is 3.51. The van der Waals surface area contributed by atoms with Crippen LogP contribution in [0.15, 0.2) is 59.1 Å². The van der Waals surface area contributed by atoms with Crippen molar-refractivity contribution in [1.29, 1.82) is 0 Å². The minimum atomic E-state index is 0.385. The summed E-state index contributed by atoms with van der Waals surface area (Å²) >= 11 is 1.63. The fourth-order valence-corrected chi connectivity index (χ4v) is 2.37. The molecule has 0 amide bonds. The summed E-state index contributed by atoms with van der Waals surface area (Å²) in [5.74, 6) is 0.385. The molecule has 94 valence electrons. The van der Waals surface area contributed by atoms with Gasteiger partial charge in [-0.15, -0.1) is 11.3 Å². The number of nitrogen functional groups attached to an aromatic ring is 1. The molecule has 3 rings (SSSR count). The quantitative estimate of drug-likeness (QED) is 0.742. The van der Waals surface area contributed by atoms with Gasteiger partial charge in [0.1, 0.15) is 5.69 Å². The zero-order valence-corrected chi connectivity index (χ0v) is 10.9. The highest BCUT2D eigenvalue weighted by Crippen LogP contribution is 2.24. The molecule has 2 heterocycles. The van der Waals surface area contributed by atoms with Crippen LogP contribution in [-0.4, -0.2) is 15.9 Å². The predicted octanol–water partition coefficient (Wildman–Crippen LogP) is 3.08. The number of benzene rings is 1. The van der Waals surface area contributed by atoms with E-state index in [9.17, 15) is 0 Å². The molecule has 0 aliphatic heterocycles. The number of thiophene rings is 1. The highest BCUT2D eigenvalue weighted by Gasteiger charge is 2.06. The first kappa shape index (κ1) is 11.7. The lowest BCUT2D eigenvalue weighted by atomic mass is 10.2. The number of nitrogens with two attached hydrogens (primary N) is 1. The lowest BCUT2D eigenvalue weighted by molar-refractivity contribution is 0.898. The maximum absolute atomic E-state index is 5.85. The van der Waals surface area contributed by atoms with Gasteiger partial charge in [-0.25, -0.2) is 9.66 Å². The Morgan fingerprint density at radius 1 is 1.16 bits per heavy atom. The van der Waals surface area contributed by atoms with E-state index in [0.717, 1.165) is 16.1 Å². The molecule has 0 fully saturated rings. The second-order valence-corrected chi connectivity index (χ2v) is 4.91. The summed E-state index contributed by atoms with van der Waals surface area (Å²) < 4.78 is 1.59. The minimum Gasteiger partial charge on any atom is -0.368 e. The van der Waals surface area contributed by atoms with E-state index in [-0.39, 0.29) is 0 Å². The topological polar surface area (TPSA) is 56.2 Å². The maximum atomic E-state index is 5.85. The average molecular weight is 268 g/mol. The number of rotatable bonds is 3. The lowest BCUT2D eigenvalue weighted by Gasteiger charge is -1.94. The van der Waals surface area contributed by atoms with Gasteiger partial charge in [-0.05, 0) is 17.0 Å². The summed E-state index contributed by atoms with van der Waals surface area (Å²) in [5, 5.41) is 6.33. The van der Waals surface area contributed by atoms with Crippen LogP contribution in [0.5, 0.6) is 0 Å². The maximum Gasteiger partial charge on any atom is 0.221 e. The largest absolute Gasteiger partial charge is 0.368 e. The molecule has 2 N–H and O–H groups in total. The van der Waals surface area contributed by atoms with Gasteiger partial charge < -0.3 is 5.73 Å². The molecule has 1 aromatic carbocycles. The fourth-order valence-electron chi connectivity index (χ4n) is 1.69. The summed E-state index contributed by atoms with van der Waals surface area (Å²) in [4.78, 5) is 5.39. The Balaban J connectivity index is 1.88. The normalized spacial score (nSPS) is 11.2. The molecule has 0 aliphatic carbocycles. The molecule has 0 unspecified atom stereocenters. The van der Waals surface area contributed by atoms with Gasteiger partial charge >= 0.3 is 0 Å². The average Bonchev–Trinajstić information content (AvgIpc) is 3.07. The zero-order chi connectivity index (χ0) is 13.1. The molecule has 5 heteroatoms. The van der Waals surface area contributed by atoms with Crippen molar-refractivity contribution in [1.82, 2.24) is 9.66 Å². The SMILES string of the molecule is Nc1nc(-c2cccs2)cn1N=Cc1ccccc1. The van der Waals surface area contributed by atoms with Crippen molar-refractivity contribution >= 4 is 23.5 Å². The van der Waals surface area contributed by atoms with Crippen molar-refractivity contribution in [2.45, 2.75) is 0 Å². The van der Waals surface area contributed by atoms with Crippen LogP contribution < -0.4 is 5.73 Å².